The third kappa shape index (κ3) is 6.09. The van der Waals surface area contributed by atoms with Crippen molar-refractivity contribution in [1.82, 2.24) is 10.6 Å². The molecule has 0 aromatic heterocycles. The van der Waals surface area contributed by atoms with Gasteiger partial charge in [-0.2, -0.15) is 0 Å². The van der Waals surface area contributed by atoms with Crippen LogP contribution in [0.3, 0.4) is 0 Å². The lowest BCUT2D eigenvalue weighted by Gasteiger charge is -2.08. The number of likely N-dealkylation sites (N-methyl/N-ethyl adjacent to an activating group) is 1. The van der Waals surface area contributed by atoms with E-state index < -0.39 is 6.10 Å². The molecule has 5 heteroatoms. The van der Waals surface area contributed by atoms with Crippen LogP contribution >= 0.6 is 0 Å². The third-order valence-electron chi connectivity index (χ3n) is 1.25. The molecule has 0 saturated heterocycles. The maximum Gasteiger partial charge on any atom is 0.233 e. The van der Waals surface area contributed by atoms with Crippen LogP contribution in [0.1, 0.15) is 6.92 Å². The fourth-order valence-corrected chi connectivity index (χ4v) is 0.677. The summed E-state index contributed by atoms with van der Waals surface area (Å²) in [5, 5.41) is 22.6. The highest BCUT2D eigenvalue weighted by molar-refractivity contribution is 5.77. The van der Waals surface area contributed by atoms with Crippen LogP contribution in [0.2, 0.25) is 0 Å². The maximum atomic E-state index is 10.8. The van der Waals surface area contributed by atoms with Gasteiger partial charge in [0.05, 0.1) is 19.3 Å². The minimum atomic E-state index is -0.792. The van der Waals surface area contributed by atoms with Crippen LogP contribution in [0.15, 0.2) is 0 Å². The predicted molar refractivity (Wildman–Crippen MR) is 44.6 cm³/mol. The molecule has 12 heavy (non-hydrogen) atoms. The fourth-order valence-electron chi connectivity index (χ4n) is 0.677. The zero-order chi connectivity index (χ0) is 9.40. The van der Waals surface area contributed by atoms with E-state index in [1.165, 1.54) is 0 Å². The highest BCUT2D eigenvalue weighted by Crippen LogP contribution is 1.75. The van der Waals surface area contributed by atoms with Gasteiger partial charge in [-0.15, -0.1) is 0 Å². The molecule has 0 saturated carbocycles. The summed E-state index contributed by atoms with van der Waals surface area (Å²) in [5.41, 5.74) is 0. The van der Waals surface area contributed by atoms with Crippen molar-refractivity contribution in [2.24, 2.45) is 0 Å². The van der Waals surface area contributed by atoms with Crippen molar-refractivity contribution >= 4 is 5.91 Å². The number of hydrogen-bond acceptors (Lipinski definition) is 4. The van der Waals surface area contributed by atoms with Gasteiger partial charge in [0.25, 0.3) is 0 Å². The van der Waals surface area contributed by atoms with Gasteiger partial charge >= 0.3 is 0 Å². The number of aliphatic hydroxyl groups excluding tert-OH is 2. The Hall–Kier alpha value is -0.650. The average molecular weight is 176 g/mol. The van der Waals surface area contributed by atoms with Gasteiger partial charge in [0, 0.05) is 13.1 Å². The van der Waals surface area contributed by atoms with Gasteiger partial charge in [0.2, 0.25) is 5.91 Å². The molecule has 0 aromatic carbocycles. The van der Waals surface area contributed by atoms with Gasteiger partial charge in [0.15, 0.2) is 0 Å². The molecule has 0 bridgehead atoms. The van der Waals surface area contributed by atoms with Gasteiger partial charge in [-0.1, -0.05) is 0 Å². The summed E-state index contributed by atoms with van der Waals surface area (Å²) >= 11 is 0. The number of aliphatic hydroxyl groups is 2. The maximum absolute atomic E-state index is 10.8. The minimum Gasteiger partial charge on any atom is -0.394 e. The molecule has 0 heterocycles. The monoisotopic (exact) mass is 176 g/mol. The van der Waals surface area contributed by atoms with Crippen LogP contribution in [0.5, 0.6) is 0 Å². The molecule has 0 spiro atoms. The van der Waals surface area contributed by atoms with Crippen LogP contribution in [0.25, 0.3) is 0 Å². The number of hydrogen-bond donors (Lipinski definition) is 4. The van der Waals surface area contributed by atoms with Crippen molar-refractivity contribution in [3.05, 3.63) is 0 Å². The van der Waals surface area contributed by atoms with Crippen molar-refractivity contribution in [3.8, 4) is 0 Å². The summed E-state index contributed by atoms with van der Waals surface area (Å²) in [7, 11) is 0. The second-order valence-corrected chi connectivity index (χ2v) is 2.42. The standard InChI is InChI=1S/C7H16N2O3/c1-2-9-7(12)4-8-3-6(11)5-10/h6,8,10-11H,2-5H2,1H3,(H,9,12)/t6-/m0/s1. The van der Waals surface area contributed by atoms with Crippen molar-refractivity contribution in [2.45, 2.75) is 13.0 Å². The van der Waals surface area contributed by atoms with Gasteiger partial charge < -0.3 is 20.8 Å². The smallest absolute Gasteiger partial charge is 0.233 e. The zero-order valence-corrected chi connectivity index (χ0v) is 7.21. The van der Waals surface area contributed by atoms with E-state index in [0.717, 1.165) is 0 Å². The Morgan fingerprint density at radius 3 is 2.75 bits per heavy atom. The molecule has 0 fully saturated rings. The summed E-state index contributed by atoms with van der Waals surface area (Å²) in [5.74, 6) is -0.109. The summed E-state index contributed by atoms with van der Waals surface area (Å²) < 4.78 is 0. The Morgan fingerprint density at radius 1 is 1.58 bits per heavy atom. The Bertz CT molecular complexity index is 130. The van der Waals surface area contributed by atoms with Crippen LogP contribution in [0.4, 0.5) is 0 Å². The topological polar surface area (TPSA) is 81.6 Å². The summed E-state index contributed by atoms with van der Waals surface area (Å²) in [6.07, 6.45) is -0.792. The highest BCUT2D eigenvalue weighted by Gasteiger charge is 2.02. The van der Waals surface area contributed by atoms with Crippen LogP contribution < -0.4 is 10.6 Å². The van der Waals surface area contributed by atoms with Crippen molar-refractivity contribution in [3.63, 3.8) is 0 Å². The van der Waals surface area contributed by atoms with Crippen LogP contribution in [-0.2, 0) is 4.79 Å². The first kappa shape index (κ1) is 11.4. The van der Waals surface area contributed by atoms with Crippen molar-refractivity contribution in [1.29, 1.82) is 0 Å². The molecule has 0 aromatic rings. The first-order chi connectivity index (χ1) is 5.70. The fraction of sp³-hybridized carbons (Fsp3) is 0.857. The van der Waals surface area contributed by atoms with E-state index in [2.05, 4.69) is 10.6 Å². The molecule has 0 aliphatic heterocycles. The molecule has 0 rings (SSSR count). The lowest BCUT2D eigenvalue weighted by molar-refractivity contribution is -0.120. The molecule has 4 N–H and O–H groups in total. The average Bonchev–Trinajstić information content (AvgIpc) is 2.04. The lowest BCUT2D eigenvalue weighted by Crippen LogP contribution is -2.38. The van der Waals surface area contributed by atoms with Crippen LogP contribution in [-0.4, -0.2) is 48.5 Å². The third-order valence-corrected chi connectivity index (χ3v) is 1.25. The number of carbonyl (C=O) groups is 1. The van der Waals surface area contributed by atoms with E-state index in [0.29, 0.717) is 6.54 Å². The van der Waals surface area contributed by atoms with Crippen molar-refractivity contribution in [2.75, 3.05) is 26.2 Å². The Kier molecular flexibility index (Phi) is 6.64. The number of amides is 1. The van der Waals surface area contributed by atoms with Gasteiger partial charge in [0.1, 0.15) is 0 Å². The predicted octanol–water partition coefficient (Wildman–Crippen LogP) is -1.93. The number of carbonyl (C=O) groups excluding carboxylic acids is 1. The van der Waals surface area contributed by atoms with E-state index in [-0.39, 0.29) is 25.6 Å². The zero-order valence-electron chi connectivity index (χ0n) is 7.21. The quantitative estimate of drug-likeness (QED) is 0.380. The molecule has 0 aliphatic carbocycles. The Balaban J connectivity index is 3.24. The molecular formula is C7H16N2O3. The second kappa shape index (κ2) is 7.02. The number of nitrogens with one attached hydrogen (secondary N) is 2. The minimum absolute atomic E-state index is 0.109. The van der Waals surface area contributed by atoms with Crippen LogP contribution in [0, 0.1) is 0 Å². The molecular weight excluding hydrogens is 160 g/mol. The normalized spacial score (nSPS) is 12.6. The van der Waals surface area contributed by atoms with Gasteiger partial charge in [-0.25, -0.2) is 0 Å². The SMILES string of the molecule is CCNC(=O)CNC[C@H](O)CO. The Labute approximate surface area is 71.8 Å². The second-order valence-electron chi connectivity index (χ2n) is 2.42. The first-order valence-corrected chi connectivity index (χ1v) is 3.97. The van der Waals surface area contributed by atoms with Crippen molar-refractivity contribution < 1.29 is 15.0 Å². The molecule has 0 radical (unpaired) electrons. The van der Waals surface area contributed by atoms with Gasteiger partial charge in [-0.05, 0) is 6.92 Å². The molecule has 1 amide bonds. The summed E-state index contributed by atoms with van der Waals surface area (Å²) in [6.45, 7) is 2.55. The molecule has 0 aliphatic rings. The highest BCUT2D eigenvalue weighted by atomic mass is 16.3. The van der Waals surface area contributed by atoms with E-state index in [1.54, 1.807) is 0 Å². The molecule has 0 unspecified atom stereocenters. The number of rotatable bonds is 6. The molecule has 72 valence electrons. The first-order valence-electron chi connectivity index (χ1n) is 3.97. The lowest BCUT2D eigenvalue weighted by atomic mass is 10.4. The molecule has 5 nitrogen and oxygen atoms in total. The largest absolute Gasteiger partial charge is 0.394 e. The summed E-state index contributed by atoms with van der Waals surface area (Å²) in [6, 6.07) is 0. The van der Waals surface area contributed by atoms with E-state index in [9.17, 15) is 4.79 Å². The Morgan fingerprint density at radius 2 is 2.25 bits per heavy atom. The van der Waals surface area contributed by atoms with E-state index >= 15 is 0 Å². The molecule has 1 atom stereocenters. The van der Waals surface area contributed by atoms with Gasteiger partial charge in [-0.3, -0.25) is 4.79 Å². The summed E-state index contributed by atoms with van der Waals surface area (Å²) in [4.78, 5) is 10.8. The van der Waals surface area contributed by atoms with E-state index in [4.69, 9.17) is 10.2 Å². The van der Waals surface area contributed by atoms with E-state index in [1.807, 2.05) is 6.92 Å².